The van der Waals surface area contributed by atoms with Crippen molar-refractivity contribution in [1.82, 2.24) is 4.90 Å². The smallest absolute Gasteiger partial charge is 0.238 e. The van der Waals surface area contributed by atoms with Gasteiger partial charge in [-0.05, 0) is 47.5 Å². The fraction of sp³-hybridized carbons (Fsp3) is 0.130. The van der Waals surface area contributed by atoms with Crippen LogP contribution in [-0.2, 0) is 17.9 Å². The number of para-hydroxylation sites is 1. The molecular weight excluding hydrogens is 353 g/mol. The van der Waals surface area contributed by atoms with Crippen molar-refractivity contribution in [2.24, 2.45) is 0 Å². The molecule has 0 fully saturated rings. The second-order valence-electron chi connectivity index (χ2n) is 6.50. The monoisotopic (exact) mass is 373 g/mol. The molecule has 28 heavy (non-hydrogen) atoms. The molecule has 0 aliphatic carbocycles. The summed E-state index contributed by atoms with van der Waals surface area (Å²) < 4.78 is 13.5. The van der Waals surface area contributed by atoms with Crippen LogP contribution in [0.1, 0.15) is 16.7 Å². The zero-order chi connectivity index (χ0) is 19.8. The minimum Gasteiger partial charge on any atom is -0.325 e. The summed E-state index contributed by atoms with van der Waals surface area (Å²) >= 11 is 0. The van der Waals surface area contributed by atoms with Gasteiger partial charge < -0.3 is 5.32 Å². The Labute approximate surface area is 163 Å². The lowest BCUT2D eigenvalue weighted by Gasteiger charge is -2.22. The molecule has 140 valence electrons. The van der Waals surface area contributed by atoms with Gasteiger partial charge >= 0.3 is 0 Å². The van der Waals surface area contributed by atoms with Gasteiger partial charge in [0.05, 0.1) is 18.2 Å². The number of carbonyl (C=O) groups is 1. The Balaban J connectivity index is 1.72. The Hall–Kier alpha value is -3.49. The van der Waals surface area contributed by atoms with E-state index < -0.39 is 0 Å². The number of anilines is 1. The molecule has 0 unspecified atom stereocenters. The van der Waals surface area contributed by atoms with Crippen LogP contribution in [0, 0.1) is 17.1 Å². The summed E-state index contributed by atoms with van der Waals surface area (Å²) in [6.07, 6.45) is 0. The summed E-state index contributed by atoms with van der Waals surface area (Å²) in [5, 5.41) is 11.8. The molecule has 3 rings (SSSR count). The number of rotatable bonds is 7. The van der Waals surface area contributed by atoms with Crippen LogP contribution >= 0.6 is 0 Å². The molecule has 0 radical (unpaired) electrons. The highest BCUT2D eigenvalue weighted by Crippen LogP contribution is 2.13. The fourth-order valence-corrected chi connectivity index (χ4v) is 2.93. The Morgan fingerprint density at radius 1 is 0.929 bits per heavy atom. The van der Waals surface area contributed by atoms with Gasteiger partial charge in [0, 0.05) is 18.8 Å². The molecule has 4 nitrogen and oxygen atoms in total. The van der Waals surface area contributed by atoms with Crippen molar-refractivity contribution in [3.8, 4) is 6.07 Å². The second-order valence-corrected chi connectivity index (χ2v) is 6.50. The SMILES string of the molecule is N#Cc1ccc(CN(CC(=O)Nc2ccccc2)Cc2cccc(F)c2)cc1. The average molecular weight is 373 g/mol. The first kappa shape index (κ1) is 19.3. The number of nitriles is 1. The normalized spacial score (nSPS) is 10.5. The summed E-state index contributed by atoms with van der Waals surface area (Å²) in [5.74, 6) is -0.444. The van der Waals surface area contributed by atoms with Crippen molar-refractivity contribution in [3.05, 3.63) is 101 Å². The van der Waals surface area contributed by atoms with Gasteiger partial charge in [-0.1, -0.05) is 42.5 Å². The maximum absolute atomic E-state index is 13.5. The van der Waals surface area contributed by atoms with E-state index in [-0.39, 0.29) is 18.3 Å². The van der Waals surface area contributed by atoms with Gasteiger partial charge in [-0.25, -0.2) is 4.39 Å². The van der Waals surface area contributed by atoms with Crippen molar-refractivity contribution in [2.75, 3.05) is 11.9 Å². The van der Waals surface area contributed by atoms with Crippen LogP contribution in [-0.4, -0.2) is 17.4 Å². The molecule has 0 atom stereocenters. The van der Waals surface area contributed by atoms with Gasteiger partial charge in [0.15, 0.2) is 0 Å². The maximum atomic E-state index is 13.5. The third kappa shape index (κ3) is 5.76. The summed E-state index contributed by atoms with van der Waals surface area (Å²) in [6, 6.07) is 25.0. The van der Waals surface area contributed by atoms with Gasteiger partial charge in [-0.3, -0.25) is 9.69 Å². The van der Waals surface area contributed by atoms with Crippen LogP contribution in [0.25, 0.3) is 0 Å². The number of nitrogens with one attached hydrogen (secondary N) is 1. The van der Waals surface area contributed by atoms with Gasteiger partial charge in [0.1, 0.15) is 5.82 Å². The van der Waals surface area contributed by atoms with E-state index in [9.17, 15) is 9.18 Å². The summed E-state index contributed by atoms with van der Waals surface area (Å²) in [5.41, 5.74) is 3.09. The molecule has 0 heterocycles. The molecule has 0 bridgehead atoms. The molecule has 0 aliphatic rings. The molecule has 1 amide bonds. The minimum absolute atomic E-state index is 0.142. The average Bonchev–Trinajstić information content (AvgIpc) is 2.69. The van der Waals surface area contributed by atoms with E-state index in [0.717, 1.165) is 16.8 Å². The van der Waals surface area contributed by atoms with Crippen LogP contribution in [0.4, 0.5) is 10.1 Å². The molecule has 0 saturated carbocycles. The zero-order valence-electron chi connectivity index (χ0n) is 15.3. The number of halogens is 1. The van der Waals surface area contributed by atoms with Crippen molar-refractivity contribution >= 4 is 11.6 Å². The second kappa shape index (κ2) is 9.45. The Bertz CT molecular complexity index is 965. The van der Waals surface area contributed by atoms with Crippen LogP contribution in [0.2, 0.25) is 0 Å². The van der Waals surface area contributed by atoms with E-state index >= 15 is 0 Å². The van der Waals surface area contributed by atoms with E-state index in [1.807, 2.05) is 53.4 Å². The molecule has 3 aromatic carbocycles. The van der Waals surface area contributed by atoms with E-state index in [1.165, 1.54) is 12.1 Å². The Morgan fingerprint density at radius 3 is 2.32 bits per heavy atom. The first-order valence-electron chi connectivity index (χ1n) is 8.93. The van der Waals surface area contributed by atoms with Crippen molar-refractivity contribution < 1.29 is 9.18 Å². The summed E-state index contributed by atoms with van der Waals surface area (Å²) in [6.45, 7) is 1.09. The standard InChI is InChI=1S/C23H20FN3O/c24-21-6-4-5-20(13-21)16-27(15-19-11-9-18(14-25)10-12-19)17-23(28)26-22-7-2-1-3-8-22/h1-13H,15-17H2,(H,26,28). The highest BCUT2D eigenvalue weighted by Gasteiger charge is 2.13. The van der Waals surface area contributed by atoms with Gasteiger partial charge in [0.2, 0.25) is 5.91 Å². The van der Waals surface area contributed by atoms with Crippen molar-refractivity contribution in [2.45, 2.75) is 13.1 Å². The Morgan fingerprint density at radius 2 is 1.64 bits per heavy atom. The molecule has 1 N–H and O–H groups in total. The third-order valence-corrected chi connectivity index (χ3v) is 4.21. The first-order valence-corrected chi connectivity index (χ1v) is 8.93. The van der Waals surface area contributed by atoms with E-state index in [4.69, 9.17) is 5.26 Å². The maximum Gasteiger partial charge on any atom is 0.238 e. The largest absolute Gasteiger partial charge is 0.325 e. The molecule has 0 aromatic heterocycles. The fourth-order valence-electron chi connectivity index (χ4n) is 2.93. The van der Waals surface area contributed by atoms with Crippen molar-refractivity contribution in [1.29, 1.82) is 5.26 Å². The van der Waals surface area contributed by atoms with E-state index in [2.05, 4.69) is 11.4 Å². The first-order chi connectivity index (χ1) is 13.6. The number of carbonyl (C=O) groups excluding carboxylic acids is 1. The lowest BCUT2D eigenvalue weighted by atomic mass is 10.1. The topological polar surface area (TPSA) is 56.1 Å². The van der Waals surface area contributed by atoms with Gasteiger partial charge in [-0.2, -0.15) is 5.26 Å². The van der Waals surface area contributed by atoms with E-state index in [1.54, 1.807) is 18.2 Å². The molecule has 3 aromatic rings. The van der Waals surface area contributed by atoms with Crippen LogP contribution in [0.15, 0.2) is 78.9 Å². The summed E-state index contributed by atoms with van der Waals surface area (Å²) in [7, 11) is 0. The van der Waals surface area contributed by atoms with Gasteiger partial charge in [-0.15, -0.1) is 0 Å². The number of hydrogen-bond donors (Lipinski definition) is 1. The zero-order valence-corrected chi connectivity index (χ0v) is 15.3. The quantitative estimate of drug-likeness (QED) is 0.670. The number of nitrogens with zero attached hydrogens (tertiary/aromatic N) is 2. The van der Waals surface area contributed by atoms with E-state index in [0.29, 0.717) is 18.7 Å². The number of hydrogen-bond acceptors (Lipinski definition) is 3. The highest BCUT2D eigenvalue weighted by molar-refractivity contribution is 5.92. The van der Waals surface area contributed by atoms with Crippen molar-refractivity contribution in [3.63, 3.8) is 0 Å². The van der Waals surface area contributed by atoms with Crippen LogP contribution in [0.5, 0.6) is 0 Å². The minimum atomic E-state index is -0.301. The lowest BCUT2D eigenvalue weighted by molar-refractivity contribution is -0.117. The highest BCUT2D eigenvalue weighted by atomic mass is 19.1. The Kier molecular flexibility index (Phi) is 6.50. The number of amides is 1. The molecule has 0 aliphatic heterocycles. The predicted molar refractivity (Wildman–Crippen MR) is 107 cm³/mol. The van der Waals surface area contributed by atoms with Crippen LogP contribution in [0.3, 0.4) is 0 Å². The number of benzene rings is 3. The predicted octanol–water partition coefficient (Wildman–Crippen LogP) is 4.34. The van der Waals surface area contributed by atoms with Crippen LogP contribution < -0.4 is 5.32 Å². The third-order valence-electron chi connectivity index (χ3n) is 4.21. The summed E-state index contributed by atoms with van der Waals surface area (Å²) in [4.78, 5) is 14.4. The molecule has 0 saturated heterocycles. The molecule has 5 heteroatoms. The lowest BCUT2D eigenvalue weighted by Crippen LogP contribution is -2.32. The molecular formula is C23H20FN3O. The van der Waals surface area contributed by atoms with Gasteiger partial charge in [0.25, 0.3) is 0 Å². The molecule has 0 spiro atoms.